The van der Waals surface area contributed by atoms with Crippen LogP contribution < -0.4 is 5.32 Å². The van der Waals surface area contributed by atoms with E-state index in [4.69, 9.17) is 0 Å². The van der Waals surface area contributed by atoms with Crippen molar-refractivity contribution < 1.29 is 9.90 Å². The molecule has 0 radical (unpaired) electrons. The molecule has 1 aromatic carbocycles. The van der Waals surface area contributed by atoms with E-state index in [1.807, 2.05) is 20.8 Å². The second-order valence-corrected chi connectivity index (χ2v) is 6.14. The van der Waals surface area contributed by atoms with Crippen LogP contribution in [0.3, 0.4) is 0 Å². The lowest BCUT2D eigenvalue weighted by Crippen LogP contribution is -2.48. The maximum atomic E-state index is 12.0. The predicted molar refractivity (Wildman–Crippen MR) is 72.8 cm³/mol. The number of aryl methyl sites for hydroxylation is 1. The number of phenols is 1. The van der Waals surface area contributed by atoms with Gasteiger partial charge < -0.3 is 10.4 Å². The summed E-state index contributed by atoms with van der Waals surface area (Å²) in [6, 6.07) is 5.14. The maximum absolute atomic E-state index is 12.0. The van der Waals surface area contributed by atoms with Gasteiger partial charge in [0.05, 0.1) is 5.56 Å². The van der Waals surface area contributed by atoms with Crippen molar-refractivity contribution in [2.75, 3.05) is 0 Å². The number of nitrogens with one attached hydrogen (secondary N) is 1. The summed E-state index contributed by atoms with van der Waals surface area (Å²) >= 11 is 3.45. The average Bonchev–Trinajstić information content (AvgIpc) is 2.21. The molecule has 1 rings (SSSR count). The molecule has 1 atom stereocenters. The number of phenolic OH excluding ortho intramolecular Hbond substituents is 1. The molecule has 2 N–H and O–H groups in total. The molecular formula is C13H18BrNO2. The Bertz CT molecular complexity index is 427. The molecule has 0 aliphatic carbocycles. The number of amides is 1. The number of benzene rings is 1. The number of para-hydroxylation sites is 1. The van der Waals surface area contributed by atoms with E-state index >= 15 is 0 Å². The second-order valence-electron chi connectivity index (χ2n) is 4.76. The molecule has 0 aromatic heterocycles. The zero-order valence-electron chi connectivity index (χ0n) is 10.5. The van der Waals surface area contributed by atoms with Gasteiger partial charge in [-0.15, -0.1) is 0 Å². The van der Waals surface area contributed by atoms with Gasteiger partial charge in [-0.3, -0.25) is 4.79 Å². The Morgan fingerprint density at radius 3 is 2.59 bits per heavy atom. The molecule has 4 heteroatoms. The van der Waals surface area contributed by atoms with Crippen molar-refractivity contribution in [1.82, 2.24) is 5.32 Å². The molecule has 0 aliphatic rings. The molecule has 1 aromatic rings. The highest BCUT2D eigenvalue weighted by molar-refractivity contribution is 9.09. The van der Waals surface area contributed by atoms with E-state index < -0.39 is 0 Å². The molecule has 1 amide bonds. The number of aromatic hydroxyl groups is 1. The SMILES string of the molecule is Cc1cccc(C(=O)NC(C)(C)C(C)Br)c1O. The minimum Gasteiger partial charge on any atom is -0.507 e. The van der Waals surface area contributed by atoms with Gasteiger partial charge in [0.15, 0.2) is 0 Å². The Labute approximate surface area is 110 Å². The molecule has 94 valence electrons. The summed E-state index contributed by atoms with van der Waals surface area (Å²) in [6.07, 6.45) is 0. The molecule has 17 heavy (non-hydrogen) atoms. The van der Waals surface area contributed by atoms with Crippen LogP contribution in [0.4, 0.5) is 0 Å². The van der Waals surface area contributed by atoms with Crippen LogP contribution >= 0.6 is 15.9 Å². The van der Waals surface area contributed by atoms with E-state index in [2.05, 4.69) is 21.2 Å². The van der Waals surface area contributed by atoms with Gasteiger partial charge in [0.25, 0.3) is 5.91 Å². The van der Waals surface area contributed by atoms with Gasteiger partial charge in [0, 0.05) is 10.4 Å². The minimum absolute atomic E-state index is 0.0445. The van der Waals surface area contributed by atoms with Crippen LogP contribution in [0.25, 0.3) is 0 Å². The Hall–Kier alpha value is -1.03. The fraction of sp³-hybridized carbons (Fsp3) is 0.462. The van der Waals surface area contributed by atoms with Crippen molar-refractivity contribution in [3.8, 4) is 5.75 Å². The Morgan fingerprint density at radius 2 is 2.06 bits per heavy atom. The van der Waals surface area contributed by atoms with Crippen LogP contribution in [0, 0.1) is 6.92 Å². The zero-order chi connectivity index (χ0) is 13.2. The number of hydrogen-bond acceptors (Lipinski definition) is 2. The average molecular weight is 300 g/mol. The van der Waals surface area contributed by atoms with Gasteiger partial charge >= 0.3 is 0 Å². The molecule has 0 aliphatic heterocycles. The van der Waals surface area contributed by atoms with Crippen LogP contribution in [-0.4, -0.2) is 21.4 Å². The third-order valence-corrected chi connectivity index (χ3v) is 4.06. The molecule has 0 heterocycles. The molecule has 0 fully saturated rings. The lowest BCUT2D eigenvalue weighted by Gasteiger charge is -2.29. The van der Waals surface area contributed by atoms with Crippen LogP contribution in [0.15, 0.2) is 18.2 Å². The van der Waals surface area contributed by atoms with Crippen LogP contribution in [0.2, 0.25) is 0 Å². The summed E-state index contributed by atoms with van der Waals surface area (Å²) < 4.78 is 0. The molecule has 0 spiro atoms. The van der Waals surface area contributed by atoms with Gasteiger partial charge in [-0.1, -0.05) is 35.0 Å². The summed E-state index contributed by atoms with van der Waals surface area (Å²) in [5.41, 5.74) is 0.626. The Balaban J connectivity index is 2.95. The van der Waals surface area contributed by atoms with E-state index in [0.29, 0.717) is 11.1 Å². The van der Waals surface area contributed by atoms with Gasteiger partial charge in [-0.05, 0) is 32.4 Å². The first-order valence-corrected chi connectivity index (χ1v) is 6.42. The topological polar surface area (TPSA) is 49.3 Å². The highest BCUT2D eigenvalue weighted by Gasteiger charge is 2.27. The molecule has 3 nitrogen and oxygen atoms in total. The number of hydrogen-bond donors (Lipinski definition) is 2. The van der Waals surface area contributed by atoms with Crippen molar-refractivity contribution in [1.29, 1.82) is 0 Å². The highest BCUT2D eigenvalue weighted by Crippen LogP contribution is 2.23. The fourth-order valence-corrected chi connectivity index (χ4v) is 1.42. The summed E-state index contributed by atoms with van der Waals surface area (Å²) in [5.74, 6) is -0.217. The third kappa shape index (κ3) is 3.22. The number of alkyl halides is 1. The Morgan fingerprint density at radius 1 is 1.47 bits per heavy atom. The third-order valence-electron chi connectivity index (χ3n) is 2.91. The molecule has 1 unspecified atom stereocenters. The van der Waals surface area contributed by atoms with Gasteiger partial charge in [-0.2, -0.15) is 0 Å². The van der Waals surface area contributed by atoms with Crippen LogP contribution in [0.5, 0.6) is 5.75 Å². The smallest absolute Gasteiger partial charge is 0.255 e. The Kier molecular flexibility index (Phi) is 4.20. The summed E-state index contributed by atoms with van der Waals surface area (Å²) in [5, 5.41) is 12.7. The zero-order valence-corrected chi connectivity index (χ0v) is 12.1. The highest BCUT2D eigenvalue weighted by atomic mass is 79.9. The standard InChI is InChI=1S/C13H18BrNO2/c1-8-6-5-7-10(11(8)16)12(17)15-13(3,4)9(2)14/h5-7,9,16H,1-4H3,(H,15,17). The van der Waals surface area contributed by atoms with E-state index in [0.717, 1.165) is 0 Å². The normalized spacial score (nSPS) is 13.2. The fourth-order valence-electron chi connectivity index (χ4n) is 1.30. The van der Waals surface area contributed by atoms with Crippen molar-refractivity contribution in [3.05, 3.63) is 29.3 Å². The van der Waals surface area contributed by atoms with E-state index in [1.54, 1.807) is 25.1 Å². The monoisotopic (exact) mass is 299 g/mol. The minimum atomic E-state index is -0.382. The molecule has 0 saturated heterocycles. The lowest BCUT2D eigenvalue weighted by molar-refractivity contribution is 0.0911. The largest absolute Gasteiger partial charge is 0.507 e. The molecular weight excluding hydrogens is 282 g/mol. The summed E-state index contributed by atoms with van der Waals surface area (Å²) in [6.45, 7) is 7.59. The van der Waals surface area contributed by atoms with Gasteiger partial charge in [-0.25, -0.2) is 0 Å². The number of halogens is 1. The van der Waals surface area contributed by atoms with Crippen LogP contribution in [-0.2, 0) is 0 Å². The maximum Gasteiger partial charge on any atom is 0.255 e. The van der Waals surface area contributed by atoms with Crippen LogP contribution in [0.1, 0.15) is 36.7 Å². The first-order chi connectivity index (χ1) is 7.75. The first-order valence-electron chi connectivity index (χ1n) is 5.51. The van der Waals surface area contributed by atoms with Crippen molar-refractivity contribution in [2.45, 2.75) is 38.1 Å². The number of carbonyl (C=O) groups excluding carboxylic acids is 1. The second kappa shape index (κ2) is 5.08. The van der Waals surface area contributed by atoms with Gasteiger partial charge in [0.2, 0.25) is 0 Å². The van der Waals surface area contributed by atoms with Gasteiger partial charge in [0.1, 0.15) is 5.75 Å². The van der Waals surface area contributed by atoms with Crippen molar-refractivity contribution in [2.24, 2.45) is 0 Å². The quantitative estimate of drug-likeness (QED) is 0.843. The van der Waals surface area contributed by atoms with E-state index in [9.17, 15) is 9.90 Å². The molecule has 0 saturated carbocycles. The number of carbonyl (C=O) groups is 1. The van der Waals surface area contributed by atoms with E-state index in [1.165, 1.54) is 0 Å². The lowest BCUT2D eigenvalue weighted by atomic mass is 10.0. The summed E-state index contributed by atoms with van der Waals surface area (Å²) in [4.78, 5) is 12.2. The summed E-state index contributed by atoms with van der Waals surface area (Å²) in [7, 11) is 0. The van der Waals surface area contributed by atoms with Crippen molar-refractivity contribution in [3.63, 3.8) is 0 Å². The number of rotatable bonds is 3. The van der Waals surface area contributed by atoms with Crippen molar-refractivity contribution >= 4 is 21.8 Å². The molecule has 0 bridgehead atoms. The van der Waals surface area contributed by atoms with E-state index in [-0.39, 0.29) is 22.0 Å². The predicted octanol–water partition coefficient (Wildman–Crippen LogP) is 2.99. The first kappa shape index (κ1) is 14.0.